The van der Waals surface area contributed by atoms with Crippen molar-refractivity contribution in [3.8, 4) is 0 Å². The van der Waals surface area contributed by atoms with Crippen molar-refractivity contribution in [2.45, 2.75) is 26.2 Å². The minimum Gasteiger partial charge on any atom is -0.378 e. The van der Waals surface area contributed by atoms with E-state index in [1.54, 1.807) is 0 Å². The van der Waals surface area contributed by atoms with Gasteiger partial charge in [-0.25, -0.2) is 4.98 Å². The number of hydrogen-bond acceptors (Lipinski definition) is 6. The quantitative estimate of drug-likeness (QED) is 0.775. The summed E-state index contributed by atoms with van der Waals surface area (Å²) in [5.74, 6) is 1.93. The van der Waals surface area contributed by atoms with E-state index in [2.05, 4.69) is 20.9 Å². The van der Waals surface area contributed by atoms with E-state index in [0.29, 0.717) is 13.1 Å². The highest BCUT2D eigenvalue weighted by atomic mass is 16.2. The zero-order valence-electron chi connectivity index (χ0n) is 18.3. The minimum absolute atomic E-state index is 0.104. The monoisotopic (exact) mass is 408 g/mol. The average molecular weight is 409 g/mol. The van der Waals surface area contributed by atoms with Crippen LogP contribution in [0.5, 0.6) is 0 Å². The van der Waals surface area contributed by atoms with Crippen LogP contribution in [0.1, 0.15) is 35.3 Å². The van der Waals surface area contributed by atoms with Crippen molar-refractivity contribution >= 4 is 23.4 Å². The summed E-state index contributed by atoms with van der Waals surface area (Å²) >= 11 is 0. The predicted molar refractivity (Wildman–Crippen MR) is 122 cm³/mol. The van der Waals surface area contributed by atoms with Crippen LogP contribution < -0.4 is 14.7 Å². The van der Waals surface area contributed by atoms with E-state index in [1.165, 1.54) is 19.3 Å². The molecule has 7 nitrogen and oxygen atoms in total. The van der Waals surface area contributed by atoms with E-state index in [9.17, 15) is 4.79 Å². The van der Waals surface area contributed by atoms with Gasteiger partial charge in [0.2, 0.25) is 5.95 Å². The van der Waals surface area contributed by atoms with Crippen LogP contribution in [-0.4, -0.2) is 74.1 Å². The molecular weight excluding hydrogens is 376 g/mol. The van der Waals surface area contributed by atoms with Crippen LogP contribution in [0, 0.1) is 6.92 Å². The van der Waals surface area contributed by atoms with E-state index >= 15 is 0 Å². The first kappa shape index (κ1) is 20.4. The van der Waals surface area contributed by atoms with Gasteiger partial charge in [0.25, 0.3) is 5.91 Å². The second-order valence-electron chi connectivity index (χ2n) is 8.44. The zero-order valence-corrected chi connectivity index (χ0v) is 18.3. The summed E-state index contributed by atoms with van der Waals surface area (Å²) in [7, 11) is 4.00. The van der Waals surface area contributed by atoms with Crippen LogP contribution in [-0.2, 0) is 0 Å². The molecule has 0 atom stereocenters. The number of anilines is 3. The number of amides is 1. The maximum absolute atomic E-state index is 12.9. The highest BCUT2D eigenvalue weighted by Gasteiger charge is 2.24. The fourth-order valence-electron chi connectivity index (χ4n) is 4.16. The molecule has 7 heteroatoms. The molecule has 0 aliphatic carbocycles. The lowest BCUT2D eigenvalue weighted by atomic mass is 10.1. The van der Waals surface area contributed by atoms with Gasteiger partial charge >= 0.3 is 0 Å². The third-order valence-corrected chi connectivity index (χ3v) is 5.99. The van der Waals surface area contributed by atoms with E-state index in [-0.39, 0.29) is 5.91 Å². The minimum atomic E-state index is 0.104. The molecule has 2 aliphatic rings. The van der Waals surface area contributed by atoms with E-state index in [4.69, 9.17) is 4.98 Å². The number of aromatic nitrogens is 2. The van der Waals surface area contributed by atoms with Gasteiger partial charge in [0.15, 0.2) is 0 Å². The van der Waals surface area contributed by atoms with Crippen LogP contribution in [0.2, 0.25) is 0 Å². The fourth-order valence-corrected chi connectivity index (χ4v) is 4.16. The van der Waals surface area contributed by atoms with E-state index in [1.807, 2.05) is 55.1 Å². The summed E-state index contributed by atoms with van der Waals surface area (Å²) in [5.41, 5.74) is 2.85. The molecule has 3 heterocycles. The second-order valence-corrected chi connectivity index (χ2v) is 8.44. The number of piperazine rings is 1. The Morgan fingerprint density at radius 1 is 0.867 bits per heavy atom. The number of aryl methyl sites for hydroxylation is 1. The summed E-state index contributed by atoms with van der Waals surface area (Å²) in [6.45, 7) is 7.10. The second kappa shape index (κ2) is 8.90. The van der Waals surface area contributed by atoms with Gasteiger partial charge in [-0.05, 0) is 50.5 Å². The van der Waals surface area contributed by atoms with Gasteiger partial charge in [0, 0.05) is 76.4 Å². The van der Waals surface area contributed by atoms with Crippen LogP contribution in [0.15, 0.2) is 30.3 Å². The van der Waals surface area contributed by atoms with Gasteiger partial charge in [-0.2, -0.15) is 4.98 Å². The van der Waals surface area contributed by atoms with E-state index < -0.39 is 0 Å². The number of carbonyl (C=O) groups is 1. The third-order valence-electron chi connectivity index (χ3n) is 5.99. The zero-order chi connectivity index (χ0) is 21.1. The highest BCUT2D eigenvalue weighted by Crippen LogP contribution is 2.22. The van der Waals surface area contributed by atoms with E-state index in [0.717, 1.165) is 54.9 Å². The normalized spacial score (nSPS) is 17.2. The molecule has 1 aromatic carbocycles. The van der Waals surface area contributed by atoms with Gasteiger partial charge in [0.1, 0.15) is 5.82 Å². The number of hydrogen-bond donors (Lipinski definition) is 0. The van der Waals surface area contributed by atoms with Crippen molar-refractivity contribution in [3.05, 3.63) is 41.6 Å². The van der Waals surface area contributed by atoms with Crippen molar-refractivity contribution in [3.63, 3.8) is 0 Å². The number of nitrogens with zero attached hydrogens (tertiary/aromatic N) is 6. The summed E-state index contributed by atoms with van der Waals surface area (Å²) in [5, 5.41) is 0. The molecule has 2 saturated heterocycles. The largest absolute Gasteiger partial charge is 0.378 e. The highest BCUT2D eigenvalue weighted by molar-refractivity contribution is 5.94. The Hall–Kier alpha value is -2.83. The Bertz CT molecular complexity index is 868. The van der Waals surface area contributed by atoms with Crippen LogP contribution >= 0.6 is 0 Å². The van der Waals surface area contributed by atoms with Crippen molar-refractivity contribution in [1.29, 1.82) is 0 Å². The molecule has 2 aromatic rings. The molecule has 0 bridgehead atoms. The van der Waals surface area contributed by atoms with Gasteiger partial charge in [-0.1, -0.05) is 0 Å². The van der Waals surface area contributed by atoms with Crippen molar-refractivity contribution < 1.29 is 4.79 Å². The first-order chi connectivity index (χ1) is 14.5. The fraction of sp³-hybridized carbons (Fsp3) is 0.522. The smallest absolute Gasteiger partial charge is 0.253 e. The van der Waals surface area contributed by atoms with Crippen molar-refractivity contribution in [1.82, 2.24) is 14.9 Å². The predicted octanol–water partition coefficient (Wildman–Crippen LogP) is 2.80. The maximum atomic E-state index is 12.9. The Balaban J connectivity index is 1.40. The molecule has 0 spiro atoms. The average Bonchev–Trinajstić information content (AvgIpc) is 2.79. The molecular formula is C23H32N6O. The van der Waals surface area contributed by atoms with Crippen molar-refractivity contribution in [2.24, 2.45) is 0 Å². The molecule has 0 radical (unpaired) electrons. The van der Waals surface area contributed by atoms with Crippen LogP contribution in [0.25, 0.3) is 0 Å². The van der Waals surface area contributed by atoms with Gasteiger partial charge < -0.3 is 19.6 Å². The Morgan fingerprint density at radius 3 is 2.17 bits per heavy atom. The maximum Gasteiger partial charge on any atom is 0.253 e. The Labute approximate surface area is 179 Å². The molecule has 160 valence electrons. The SMILES string of the molecule is Cc1cc(N2CCN(C(=O)c3ccc(N(C)C)cc3)CC2)nc(N2CCCCC2)n1. The standard InChI is InChI=1S/C23H32N6O/c1-18-17-21(25-23(24-18)29-11-5-4-6-12-29)27-13-15-28(16-14-27)22(30)19-7-9-20(10-8-19)26(2)3/h7-10,17H,4-6,11-16H2,1-3H3. The van der Waals surface area contributed by atoms with Gasteiger partial charge in [-0.3, -0.25) is 4.79 Å². The lowest BCUT2D eigenvalue weighted by Crippen LogP contribution is -2.49. The number of rotatable bonds is 4. The molecule has 0 N–H and O–H groups in total. The number of benzene rings is 1. The third kappa shape index (κ3) is 4.50. The molecule has 0 unspecified atom stereocenters. The lowest BCUT2D eigenvalue weighted by Gasteiger charge is -2.36. The Morgan fingerprint density at radius 2 is 1.53 bits per heavy atom. The summed E-state index contributed by atoms with van der Waals surface area (Å²) in [6.07, 6.45) is 3.72. The molecule has 2 fully saturated rings. The molecule has 1 amide bonds. The topological polar surface area (TPSA) is 55.8 Å². The number of piperidine rings is 1. The first-order valence-corrected chi connectivity index (χ1v) is 10.9. The Kier molecular flexibility index (Phi) is 6.06. The lowest BCUT2D eigenvalue weighted by molar-refractivity contribution is 0.0746. The van der Waals surface area contributed by atoms with Gasteiger partial charge in [0.05, 0.1) is 0 Å². The summed E-state index contributed by atoms with van der Waals surface area (Å²) < 4.78 is 0. The summed E-state index contributed by atoms with van der Waals surface area (Å²) in [6, 6.07) is 9.89. The van der Waals surface area contributed by atoms with Gasteiger partial charge in [-0.15, -0.1) is 0 Å². The molecule has 0 saturated carbocycles. The summed E-state index contributed by atoms with van der Waals surface area (Å²) in [4.78, 5) is 31.0. The van der Waals surface area contributed by atoms with Crippen molar-refractivity contribution in [2.75, 3.05) is 68.1 Å². The molecule has 30 heavy (non-hydrogen) atoms. The van der Waals surface area contributed by atoms with Crippen LogP contribution in [0.3, 0.4) is 0 Å². The molecule has 1 aromatic heterocycles. The van der Waals surface area contributed by atoms with Crippen LogP contribution in [0.4, 0.5) is 17.5 Å². The molecule has 4 rings (SSSR count). The molecule has 2 aliphatic heterocycles. The first-order valence-electron chi connectivity index (χ1n) is 10.9. The number of carbonyl (C=O) groups excluding carboxylic acids is 1.